The molecule has 0 rings (SSSR count). The zero-order valence-corrected chi connectivity index (χ0v) is 18.1. The second-order valence-electron chi connectivity index (χ2n) is 8.85. The molecule has 0 aliphatic heterocycles. The van der Waals surface area contributed by atoms with Crippen LogP contribution in [0.5, 0.6) is 0 Å². The van der Waals surface area contributed by atoms with Crippen molar-refractivity contribution in [2.45, 2.75) is 96.4 Å². The maximum Gasteiger partial charge on any atom is 0.304 e. The van der Waals surface area contributed by atoms with Gasteiger partial charge in [0.25, 0.3) is 0 Å². The first kappa shape index (κ1) is 25.4. The van der Waals surface area contributed by atoms with Crippen molar-refractivity contribution in [3.8, 4) is 0 Å². The van der Waals surface area contributed by atoms with Gasteiger partial charge in [-0.05, 0) is 6.42 Å². The van der Waals surface area contributed by atoms with Gasteiger partial charge in [-0.15, -0.1) is 0 Å². The summed E-state index contributed by atoms with van der Waals surface area (Å²) in [6.07, 6.45) is 16.6. The molecule has 0 fully saturated rings. The molecule has 5 heteroatoms. The van der Waals surface area contributed by atoms with Crippen molar-refractivity contribution in [1.29, 1.82) is 0 Å². The number of hydrogen-bond acceptors (Lipinski definition) is 2. The third kappa shape index (κ3) is 15.6. The van der Waals surface area contributed by atoms with E-state index in [0.29, 0.717) is 6.54 Å². The fourth-order valence-corrected chi connectivity index (χ4v) is 3.07. The Labute approximate surface area is 162 Å². The van der Waals surface area contributed by atoms with E-state index >= 15 is 0 Å². The van der Waals surface area contributed by atoms with Crippen LogP contribution in [0.3, 0.4) is 0 Å². The molecule has 0 aliphatic rings. The molecule has 26 heavy (non-hydrogen) atoms. The standard InChI is InChI=1S/C21H46N3O2/c1-5-6-7-8-9-10-11-12-13-14-15-16-17-20(22)21(25)23(26)18-19-24(2,3)4/h20,26H,5-19,22H2,1-4H3/q+1/p+1. The summed E-state index contributed by atoms with van der Waals surface area (Å²) < 4.78 is 0.727. The van der Waals surface area contributed by atoms with Crippen LogP contribution >= 0.6 is 0 Å². The van der Waals surface area contributed by atoms with E-state index in [1.165, 1.54) is 70.6 Å². The predicted octanol–water partition coefficient (Wildman–Crippen LogP) is 3.61. The van der Waals surface area contributed by atoms with Crippen molar-refractivity contribution in [1.82, 2.24) is 5.06 Å². The topological polar surface area (TPSA) is 68.2 Å². The quantitative estimate of drug-likeness (QED) is 0.177. The summed E-state index contributed by atoms with van der Waals surface area (Å²) in [5.41, 5.74) is 3.94. The molecule has 0 saturated heterocycles. The first-order valence-corrected chi connectivity index (χ1v) is 10.9. The molecule has 0 saturated carbocycles. The fourth-order valence-electron chi connectivity index (χ4n) is 3.07. The summed E-state index contributed by atoms with van der Waals surface area (Å²) in [5.74, 6) is -0.235. The van der Waals surface area contributed by atoms with Gasteiger partial charge in [0.05, 0.1) is 34.2 Å². The second kappa shape index (κ2) is 15.4. The van der Waals surface area contributed by atoms with Crippen LogP contribution in [-0.4, -0.2) is 60.9 Å². The number of hydrogen-bond donors (Lipinski definition) is 2. The van der Waals surface area contributed by atoms with Crippen LogP contribution in [0.25, 0.3) is 0 Å². The van der Waals surface area contributed by atoms with E-state index in [0.717, 1.165) is 28.9 Å². The van der Waals surface area contributed by atoms with Gasteiger partial charge >= 0.3 is 5.91 Å². The van der Waals surface area contributed by atoms with Gasteiger partial charge in [0.1, 0.15) is 0 Å². The Kier molecular flexibility index (Phi) is 15.0. The molecule has 0 aliphatic carbocycles. The Bertz CT molecular complexity index is 343. The number of nitrogens with zero attached hydrogens (tertiary/aromatic N) is 2. The molecule has 0 aromatic rings. The van der Waals surface area contributed by atoms with Crippen molar-refractivity contribution in [2.75, 3.05) is 34.2 Å². The smallest absolute Gasteiger partial charge is 0.304 e. The lowest BCUT2D eigenvalue weighted by molar-refractivity contribution is -0.870. The highest BCUT2D eigenvalue weighted by molar-refractivity contribution is 5.79. The van der Waals surface area contributed by atoms with Gasteiger partial charge in [0.15, 0.2) is 6.04 Å². The van der Waals surface area contributed by atoms with E-state index in [9.17, 15) is 10.0 Å². The van der Waals surface area contributed by atoms with Gasteiger partial charge in [-0.2, -0.15) is 0 Å². The van der Waals surface area contributed by atoms with Crippen LogP contribution in [0, 0.1) is 0 Å². The summed E-state index contributed by atoms with van der Waals surface area (Å²) in [6, 6.07) is -0.324. The maximum atomic E-state index is 12.1. The minimum atomic E-state index is -0.324. The normalized spacial score (nSPS) is 13.0. The molecule has 1 amide bonds. The van der Waals surface area contributed by atoms with Crippen LogP contribution in [0.15, 0.2) is 0 Å². The number of carbonyl (C=O) groups excluding carboxylic acids is 1. The Morgan fingerprint density at radius 2 is 1.31 bits per heavy atom. The van der Waals surface area contributed by atoms with Crippen molar-refractivity contribution in [3.05, 3.63) is 0 Å². The minimum Gasteiger partial charge on any atom is -0.347 e. The molecular weight excluding hydrogens is 326 g/mol. The number of carbonyl (C=O) groups is 1. The fraction of sp³-hybridized carbons (Fsp3) is 0.952. The Morgan fingerprint density at radius 1 is 0.885 bits per heavy atom. The Morgan fingerprint density at radius 3 is 1.73 bits per heavy atom. The average molecular weight is 374 g/mol. The highest BCUT2D eigenvalue weighted by atomic mass is 16.5. The van der Waals surface area contributed by atoms with Gasteiger partial charge in [0.2, 0.25) is 0 Å². The van der Waals surface area contributed by atoms with Crippen molar-refractivity contribution >= 4 is 5.91 Å². The third-order valence-corrected chi connectivity index (χ3v) is 4.99. The van der Waals surface area contributed by atoms with Gasteiger partial charge in [-0.3, -0.25) is 10.0 Å². The maximum absolute atomic E-state index is 12.1. The molecule has 1 atom stereocenters. The zero-order chi connectivity index (χ0) is 19.8. The van der Waals surface area contributed by atoms with Crippen LogP contribution in [0.2, 0.25) is 0 Å². The lowest BCUT2D eigenvalue weighted by Gasteiger charge is -2.26. The summed E-state index contributed by atoms with van der Waals surface area (Å²) in [4.78, 5) is 12.1. The lowest BCUT2D eigenvalue weighted by atomic mass is 10.0. The molecule has 0 heterocycles. The van der Waals surface area contributed by atoms with E-state index in [1.54, 1.807) is 0 Å². The van der Waals surface area contributed by atoms with Crippen LogP contribution in [0.1, 0.15) is 90.4 Å². The van der Waals surface area contributed by atoms with E-state index in [4.69, 9.17) is 0 Å². The van der Waals surface area contributed by atoms with Gasteiger partial charge < -0.3 is 10.2 Å². The number of quaternary nitrogens is 2. The van der Waals surface area contributed by atoms with E-state index in [1.807, 2.05) is 21.1 Å². The number of amides is 1. The van der Waals surface area contributed by atoms with Gasteiger partial charge in [-0.1, -0.05) is 77.6 Å². The Hall–Kier alpha value is -0.650. The molecule has 0 spiro atoms. The van der Waals surface area contributed by atoms with Crippen molar-refractivity contribution in [2.24, 2.45) is 0 Å². The van der Waals surface area contributed by atoms with Gasteiger partial charge in [0, 0.05) is 6.42 Å². The average Bonchev–Trinajstić information content (AvgIpc) is 2.59. The zero-order valence-electron chi connectivity index (χ0n) is 18.1. The van der Waals surface area contributed by atoms with E-state index < -0.39 is 0 Å². The van der Waals surface area contributed by atoms with E-state index in [2.05, 4.69) is 12.7 Å². The van der Waals surface area contributed by atoms with Gasteiger partial charge in [-0.25, -0.2) is 5.06 Å². The molecule has 1 unspecified atom stereocenters. The van der Waals surface area contributed by atoms with E-state index in [-0.39, 0.29) is 11.9 Å². The summed E-state index contributed by atoms with van der Waals surface area (Å²) >= 11 is 0. The predicted molar refractivity (Wildman–Crippen MR) is 109 cm³/mol. The molecule has 5 nitrogen and oxygen atoms in total. The van der Waals surface area contributed by atoms with Crippen LogP contribution in [0.4, 0.5) is 0 Å². The number of likely N-dealkylation sites (N-methyl/N-ethyl adjacent to an activating group) is 1. The first-order valence-electron chi connectivity index (χ1n) is 10.9. The van der Waals surface area contributed by atoms with Crippen LogP contribution in [-0.2, 0) is 4.79 Å². The first-order chi connectivity index (χ1) is 12.3. The molecular formula is C21H47N3O2+2. The minimum absolute atomic E-state index is 0.235. The van der Waals surface area contributed by atoms with Crippen molar-refractivity contribution < 1.29 is 20.2 Å². The molecule has 0 bridgehead atoms. The molecule has 0 radical (unpaired) electrons. The SMILES string of the molecule is CCCCCCCCCCCCCCC([NH3+])C(=O)N(O)CC[N+](C)(C)C. The second-order valence-corrected chi connectivity index (χ2v) is 8.85. The summed E-state index contributed by atoms with van der Waals surface area (Å²) in [5, 5.41) is 10.7. The van der Waals surface area contributed by atoms with Crippen molar-refractivity contribution in [3.63, 3.8) is 0 Å². The number of unbranched alkanes of at least 4 members (excludes halogenated alkanes) is 11. The molecule has 0 aromatic carbocycles. The monoisotopic (exact) mass is 373 g/mol. The molecule has 156 valence electrons. The molecule has 0 aromatic heterocycles. The lowest BCUT2D eigenvalue weighted by Crippen LogP contribution is -2.67. The highest BCUT2D eigenvalue weighted by Crippen LogP contribution is 2.13. The third-order valence-electron chi connectivity index (χ3n) is 4.99. The summed E-state index contributed by atoms with van der Waals surface area (Å²) in [6.45, 7) is 3.36. The summed E-state index contributed by atoms with van der Waals surface area (Å²) in [7, 11) is 6.14. The number of hydroxylamine groups is 2. The largest absolute Gasteiger partial charge is 0.347 e. The van der Waals surface area contributed by atoms with Crippen LogP contribution < -0.4 is 5.73 Å². The Balaban J connectivity index is 3.52. The number of rotatable bonds is 17. The molecule has 4 N–H and O–H groups in total. The highest BCUT2D eigenvalue weighted by Gasteiger charge is 2.23.